The minimum absolute atomic E-state index is 0. The third-order valence-electron chi connectivity index (χ3n) is 5.76. The van der Waals surface area contributed by atoms with Gasteiger partial charge in [-0.25, -0.2) is 0 Å². The van der Waals surface area contributed by atoms with Crippen LogP contribution >= 0.6 is 0 Å². The standard InChI is InChI=1S/C19H29N.3He.2Hf.3Hg/c1-9-19(8)14(2)20(18(6,7)17(3,4)5)16-13-11-10-12-15(16)19;;;;;;;;/h9-13H,1-8H3;;;;;;;;. The quantitative estimate of drug-likeness (QED) is 0.221. The Hall–Kier alpha value is 3.16. The molecule has 1 aromatic carbocycles. The van der Waals surface area contributed by atoms with Gasteiger partial charge in [0.15, 0.2) is 5.54 Å². The van der Waals surface area contributed by atoms with Crippen molar-refractivity contribution in [3.05, 3.63) is 36.2 Å². The van der Waals surface area contributed by atoms with Crippen LogP contribution in [-0.4, -0.2) is 15.8 Å². The van der Waals surface area contributed by atoms with E-state index in [1.54, 1.807) is 0 Å². The van der Waals surface area contributed by atoms with Crippen LogP contribution in [-0.2, 0) is 140 Å². The van der Waals surface area contributed by atoms with Crippen LogP contribution in [0.5, 0.6) is 0 Å². The summed E-state index contributed by atoms with van der Waals surface area (Å²) < 4.78 is 2.56. The van der Waals surface area contributed by atoms with Crippen molar-refractivity contribution < 1.29 is 158 Å². The van der Waals surface area contributed by atoms with Crippen LogP contribution in [0.25, 0.3) is 0 Å². The molecule has 28 heavy (non-hydrogen) atoms. The van der Waals surface area contributed by atoms with Gasteiger partial charge in [-0.15, -0.1) is 0 Å². The molecule has 1 aliphatic rings. The maximum absolute atomic E-state index is 2.56. The summed E-state index contributed by atoms with van der Waals surface area (Å²) in [5.41, 5.74) is 4.52. The van der Waals surface area contributed by atoms with Gasteiger partial charge in [0.05, 0.1) is 0 Å². The van der Waals surface area contributed by atoms with Crippen molar-refractivity contribution in [3.63, 3.8) is 0 Å². The minimum atomic E-state index is 0. The summed E-state index contributed by atoms with van der Waals surface area (Å²) >= 11 is 0. The van der Waals surface area contributed by atoms with E-state index in [-0.39, 0.29) is 170 Å². The molecule has 0 N–H and O–H groups in total. The number of fused-ring (bicyclic) bond motifs is 1. The average molecular weight is 1240 g/mol. The number of hydrogen-bond donors (Lipinski definition) is 0. The average Bonchev–Trinajstić information content (AvgIpc) is 2.59. The first-order valence-corrected chi connectivity index (χ1v) is 7.61. The molecule has 0 radical (unpaired) electrons. The Morgan fingerprint density at radius 1 is 0.857 bits per heavy atom. The first kappa shape index (κ1) is 48.6. The molecular weight excluding hydrogens is 1210 g/mol. The second-order valence-electron chi connectivity index (χ2n) is 7.74. The molecule has 0 spiro atoms. The summed E-state index contributed by atoms with van der Waals surface area (Å²) in [4.78, 5) is 0. The molecule has 0 bridgehead atoms. The van der Waals surface area contributed by atoms with Gasteiger partial charge >= 0.3 is 0 Å². The third kappa shape index (κ3) is 8.50. The summed E-state index contributed by atoms with van der Waals surface area (Å²) in [6.45, 7) is 18.5. The molecule has 0 aromatic heterocycles. The molecule has 0 amide bonds. The molecule has 1 unspecified atom stereocenters. The fourth-order valence-corrected chi connectivity index (χ4v) is 3.14. The maximum Gasteiger partial charge on any atom is 0.207 e. The van der Waals surface area contributed by atoms with E-state index < -0.39 is 0 Å². The SMILES string of the molecule is C[CH-]C1(C)C(C)=[N+](C(C)(C)C(C)(C)C)c2ccccc21.[He].[He].[He].[Hf].[Hf].[Hg].[Hg].[Hg]. The van der Waals surface area contributed by atoms with Crippen molar-refractivity contribution in [3.8, 4) is 0 Å². The predicted molar refractivity (Wildman–Crippen MR) is 87.9 cm³/mol. The Morgan fingerprint density at radius 2 is 1.25 bits per heavy atom. The number of nitrogens with zero attached hydrogens (tertiary/aromatic N) is 1. The van der Waals surface area contributed by atoms with Gasteiger partial charge in [-0.1, -0.05) is 45.9 Å². The smallest absolute Gasteiger partial charge is 0.207 e. The van der Waals surface area contributed by atoms with E-state index in [2.05, 4.69) is 90.7 Å². The van der Waals surface area contributed by atoms with Crippen LogP contribution in [0.4, 0.5) is 5.69 Å². The molecule has 1 aliphatic heterocycles. The molecule has 130 valence electrons. The fourth-order valence-electron chi connectivity index (χ4n) is 3.14. The zero-order valence-electron chi connectivity index (χ0n) is 19.6. The summed E-state index contributed by atoms with van der Waals surface area (Å²) in [6.07, 6.45) is 2.33. The van der Waals surface area contributed by atoms with Crippen LogP contribution in [0.1, 0.15) is 61.0 Å². The second-order valence-corrected chi connectivity index (χ2v) is 7.74. The van der Waals surface area contributed by atoms with E-state index in [1.165, 1.54) is 17.0 Å². The number of hydrogen-bond acceptors (Lipinski definition) is 0. The summed E-state index contributed by atoms with van der Waals surface area (Å²) in [5.74, 6) is 0. The first-order chi connectivity index (χ1) is 9.07. The van der Waals surface area contributed by atoms with E-state index >= 15 is 0 Å². The third-order valence-corrected chi connectivity index (χ3v) is 5.76. The Morgan fingerprint density at radius 3 is 1.61 bits per heavy atom. The molecule has 0 saturated heterocycles. The Labute approximate surface area is 272 Å². The van der Waals surface area contributed by atoms with Crippen LogP contribution < -0.4 is 0 Å². The Kier molecular flexibility index (Phi) is 30.5. The Balaban J connectivity index is -0.000000110. The van der Waals surface area contributed by atoms with Crippen LogP contribution in [0.15, 0.2) is 24.3 Å². The van der Waals surface area contributed by atoms with E-state index in [0.717, 1.165) is 0 Å². The molecule has 1 atom stereocenters. The molecule has 2 rings (SSSR count). The number of benzene rings is 1. The summed E-state index contributed by atoms with van der Waals surface area (Å²) in [7, 11) is 0. The van der Waals surface area contributed by atoms with Gasteiger partial charge in [-0.05, 0) is 5.41 Å². The van der Waals surface area contributed by atoms with Crippen molar-refractivity contribution in [1.82, 2.24) is 0 Å². The van der Waals surface area contributed by atoms with Gasteiger partial charge in [0.25, 0.3) is 0 Å². The topological polar surface area (TPSA) is 3.01 Å². The van der Waals surface area contributed by atoms with E-state index in [1.807, 2.05) is 0 Å². The molecule has 1 nitrogen and oxygen atoms in total. The van der Waals surface area contributed by atoms with Gasteiger partial charge in [0.1, 0.15) is 5.71 Å². The van der Waals surface area contributed by atoms with Crippen molar-refractivity contribution in [1.29, 1.82) is 0 Å². The monoisotopic (exact) mass is 1250 g/mol. The minimum Gasteiger partial charge on any atom is -0.311 e. The second kappa shape index (κ2) is 17.6. The van der Waals surface area contributed by atoms with Gasteiger partial charge in [-0.3, -0.25) is 0 Å². The fraction of sp³-hybridized carbons (Fsp3) is 0.579. The van der Waals surface area contributed by atoms with Gasteiger partial charge < -0.3 is 6.42 Å². The molecule has 0 saturated carbocycles. The summed E-state index contributed by atoms with van der Waals surface area (Å²) in [5, 5.41) is 0. The van der Waals surface area contributed by atoms with E-state index in [9.17, 15) is 0 Å². The van der Waals surface area contributed by atoms with Crippen LogP contribution in [0.3, 0.4) is 0 Å². The predicted octanol–water partition coefficient (Wildman–Crippen LogP) is 5.10. The molecule has 9 heteroatoms. The van der Waals surface area contributed by atoms with Crippen LogP contribution in [0.2, 0.25) is 0 Å². The molecular formula is C19H29He3Hf2Hg3N. The largest absolute Gasteiger partial charge is 0.311 e. The number of rotatable bonds is 2. The summed E-state index contributed by atoms with van der Waals surface area (Å²) in [6, 6.07) is 8.85. The zero-order valence-corrected chi connectivity index (χ0v) is 43.3. The van der Waals surface area contributed by atoms with Gasteiger partial charge in [0, 0.05) is 191 Å². The van der Waals surface area contributed by atoms with Crippen LogP contribution in [0, 0.1) is 30.3 Å². The number of para-hydroxylation sites is 1. The van der Waals surface area contributed by atoms with E-state index in [0.29, 0.717) is 0 Å². The van der Waals surface area contributed by atoms with Crippen molar-refractivity contribution in [2.75, 3.05) is 0 Å². The maximum atomic E-state index is 2.56. The normalized spacial score (nSPS) is 16.6. The molecule has 1 heterocycles. The molecule has 0 fully saturated rings. The van der Waals surface area contributed by atoms with Crippen molar-refractivity contribution in [2.24, 2.45) is 5.41 Å². The van der Waals surface area contributed by atoms with Gasteiger partial charge in [-0.2, -0.15) is 11.5 Å². The Bertz CT molecular complexity index is 594. The van der Waals surface area contributed by atoms with Gasteiger partial charge in [0.2, 0.25) is 5.69 Å². The van der Waals surface area contributed by atoms with Crippen molar-refractivity contribution in [2.45, 2.75) is 66.3 Å². The van der Waals surface area contributed by atoms with E-state index in [4.69, 9.17) is 0 Å². The molecule has 1 aromatic rings. The zero-order chi connectivity index (χ0) is 15.3. The first-order valence-electron chi connectivity index (χ1n) is 7.61. The molecule has 0 aliphatic carbocycles. The van der Waals surface area contributed by atoms with Crippen molar-refractivity contribution >= 4 is 11.4 Å².